The van der Waals surface area contributed by atoms with Crippen molar-refractivity contribution in [2.75, 3.05) is 0 Å². The minimum atomic E-state index is 0.390. The van der Waals surface area contributed by atoms with Gasteiger partial charge in [0.15, 0.2) is 5.75 Å². The monoisotopic (exact) mass is 265 g/mol. The number of aryl methyl sites for hydroxylation is 1. The van der Waals surface area contributed by atoms with Crippen molar-refractivity contribution in [3.05, 3.63) is 60.0 Å². The van der Waals surface area contributed by atoms with E-state index in [1.807, 2.05) is 43.3 Å². The first-order valence-electron chi connectivity index (χ1n) is 6.45. The zero-order valence-corrected chi connectivity index (χ0v) is 11.2. The second-order valence-electron chi connectivity index (χ2n) is 4.57. The maximum absolute atomic E-state index is 6.01. The van der Waals surface area contributed by atoms with Crippen LogP contribution in [0.3, 0.4) is 0 Å². The molecule has 2 aromatic heterocycles. The van der Waals surface area contributed by atoms with Gasteiger partial charge in [0.25, 0.3) is 0 Å². The molecule has 0 atom stereocenters. The number of ether oxygens (including phenoxy) is 1. The first-order chi connectivity index (χ1) is 9.78. The van der Waals surface area contributed by atoms with Crippen LogP contribution in [0.5, 0.6) is 11.5 Å². The van der Waals surface area contributed by atoms with E-state index < -0.39 is 0 Å². The van der Waals surface area contributed by atoms with E-state index in [0.717, 1.165) is 33.7 Å². The van der Waals surface area contributed by atoms with Crippen LogP contribution in [0, 0.1) is 6.92 Å². The standard InChI is InChI=1S/C16H15N3O/c1-11-8-15(13(9-17)10-19-11)20-14-6-2-4-12-5-3-7-18-16(12)14/h2-8,10H,9,17H2,1H3. The highest BCUT2D eigenvalue weighted by Crippen LogP contribution is 2.30. The molecule has 0 amide bonds. The van der Waals surface area contributed by atoms with Crippen molar-refractivity contribution in [1.82, 2.24) is 9.97 Å². The van der Waals surface area contributed by atoms with Crippen molar-refractivity contribution in [1.29, 1.82) is 0 Å². The van der Waals surface area contributed by atoms with Crippen LogP contribution in [-0.2, 0) is 6.54 Å². The van der Waals surface area contributed by atoms with Gasteiger partial charge in [-0.2, -0.15) is 0 Å². The van der Waals surface area contributed by atoms with Crippen LogP contribution in [0.25, 0.3) is 10.9 Å². The molecule has 0 saturated carbocycles. The summed E-state index contributed by atoms with van der Waals surface area (Å²) in [5, 5.41) is 1.05. The summed E-state index contributed by atoms with van der Waals surface area (Å²) in [6.07, 6.45) is 3.51. The maximum Gasteiger partial charge on any atom is 0.153 e. The Morgan fingerprint density at radius 1 is 1.10 bits per heavy atom. The number of nitrogens with two attached hydrogens (primary N) is 1. The molecule has 0 aliphatic carbocycles. The van der Waals surface area contributed by atoms with Crippen LogP contribution in [0.15, 0.2) is 48.8 Å². The first kappa shape index (κ1) is 12.6. The quantitative estimate of drug-likeness (QED) is 0.790. The Kier molecular flexibility index (Phi) is 3.31. The van der Waals surface area contributed by atoms with Gasteiger partial charge in [-0.1, -0.05) is 18.2 Å². The summed E-state index contributed by atoms with van der Waals surface area (Å²) in [5.74, 6) is 1.46. The van der Waals surface area contributed by atoms with E-state index in [9.17, 15) is 0 Å². The number of hydrogen-bond donors (Lipinski definition) is 1. The molecule has 2 heterocycles. The van der Waals surface area contributed by atoms with Gasteiger partial charge < -0.3 is 10.5 Å². The number of nitrogens with zero attached hydrogens (tertiary/aromatic N) is 2. The second kappa shape index (κ2) is 5.27. The molecule has 0 unspecified atom stereocenters. The average molecular weight is 265 g/mol. The topological polar surface area (TPSA) is 61.0 Å². The van der Waals surface area contributed by atoms with Gasteiger partial charge in [0.1, 0.15) is 11.3 Å². The molecule has 2 N–H and O–H groups in total. The third-order valence-electron chi connectivity index (χ3n) is 3.12. The SMILES string of the molecule is Cc1cc(Oc2cccc3cccnc23)c(CN)cn1. The number of para-hydroxylation sites is 1. The van der Waals surface area contributed by atoms with Crippen LogP contribution in [0.2, 0.25) is 0 Å². The Bertz CT molecular complexity index is 750. The normalized spacial score (nSPS) is 10.7. The van der Waals surface area contributed by atoms with Crippen LogP contribution in [-0.4, -0.2) is 9.97 Å². The lowest BCUT2D eigenvalue weighted by Gasteiger charge is -2.11. The summed E-state index contributed by atoms with van der Waals surface area (Å²) in [6.45, 7) is 2.31. The molecule has 0 aliphatic heterocycles. The lowest BCUT2D eigenvalue weighted by molar-refractivity contribution is 0.479. The number of pyridine rings is 2. The zero-order valence-electron chi connectivity index (χ0n) is 11.2. The largest absolute Gasteiger partial charge is 0.455 e. The summed E-state index contributed by atoms with van der Waals surface area (Å²) in [7, 11) is 0. The molecule has 0 fully saturated rings. The molecule has 1 aromatic carbocycles. The summed E-state index contributed by atoms with van der Waals surface area (Å²) >= 11 is 0. The number of fused-ring (bicyclic) bond motifs is 1. The fraction of sp³-hybridized carbons (Fsp3) is 0.125. The van der Waals surface area contributed by atoms with Crippen molar-refractivity contribution in [2.24, 2.45) is 5.73 Å². The van der Waals surface area contributed by atoms with E-state index in [4.69, 9.17) is 10.5 Å². The Labute approximate surface area is 117 Å². The molecule has 4 nitrogen and oxygen atoms in total. The van der Waals surface area contributed by atoms with E-state index >= 15 is 0 Å². The molecule has 0 saturated heterocycles. The molecule has 3 rings (SSSR count). The van der Waals surface area contributed by atoms with Gasteiger partial charge in [0.2, 0.25) is 0 Å². The van der Waals surface area contributed by atoms with E-state index in [1.165, 1.54) is 0 Å². The second-order valence-corrected chi connectivity index (χ2v) is 4.57. The van der Waals surface area contributed by atoms with E-state index in [2.05, 4.69) is 9.97 Å². The zero-order chi connectivity index (χ0) is 13.9. The molecule has 3 aromatic rings. The smallest absolute Gasteiger partial charge is 0.153 e. The van der Waals surface area contributed by atoms with Gasteiger partial charge in [0, 0.05) is 41.6 Å². The van der Waals surface area contributed by atoms with Crippen molar-refractivity contribution >= 4 is 10.9 Å². The minimum Gasteiger partial charge on any atom is -0.455 e. The third-order valence-corrected chi connectivity index (χ3v) is 3.12. The molecule has 4 heteroatoms. The van der Waals surface area contributed by atoms with Crippen LogP contribution in [0.1, 0.15) is 11.3 Å². The number of rotatable bonds is 3. The van der Waals surface area contributed by atoms with Gasteiger partial charge >= 0.3 is 0 Å². The van der Waals surface area contributed by atoms with Crippen molar-refractivity contribution in [3.63, 3.8) is 0 Å². The van der Waals surface area contributed by atoms with Gasteiger partial charge in [-0.15, -0.1) is 0 Å². The molecule has 0 bridgehead atoms. The highest BCUT2D eigenvalue weighted by molar-refractivity contribution is 5.84. The Morgan fingerprint density at radius 2 is 1.95 bits per heavy atom. The molecule has 20 heavy (non-hydrogen) atoms. The highest BCUT2D eigenvalue weighted by Gasteiger charge is 2.08. The van der Waals surface area contributed by atoms with E-state index in [-0.39, 0.29) is 0 Å². The van der Waals surface area contributed by atoms with Crippen LogP contribution < -0.4 is 10.5 Å². The third kappa shape index (κ3) is 2.33. The summed E-state index contributed by atoms with van der Waals surface area (Å²) in [4.78, 5) is 8.62. The van der Waals surface area contributed by atoms with E-state index in [0.29, 0.717) is 6.54 Å². The Hall–Kier alpha value is -2.46. The summed E-state index contributed by atoms with van der Waals surface area (Å²) in [5.41, 5.74) is 8.34. The molecule has 0 radical (unpaired) electrons. The van der Waals surface area contributed by atoms with E-state index in [1.54, 1.807) is 12.4 Å². The van der Waals surface area contributed by atoms with Gasteiger partial charge in [-0.25, -0.2) is 0 Å². The molecule has 100 valence electrons. The van der Waals surface area contributed by atoms with Gasteiger partial charge in [0.05, 0.1) is 0 Å². The van der Waals surface area contributed by atoms with Crippen molar-refractivity contribution < 1.29 is 4.74 Å². The lowest BCUT2D eigenvalue weighted by atomic mass is 10.2. The van der Waals surface area contributed by atoms with Crippen molar-refractivity contribution in [2.45, 2.75) is 13.5 Å². The summed E-state index contributed by atoms with van der Waals surface area (Å²) in [6, 6.07) is 11.7. The van der Waals surface area contributed by atoms with Gasteiger partial charge in [-0.3, -0.25) is 9.97 Å². The first-order valence-corrected chi connectivity index (χ1v) is 6.45. The maximum atomic E-state index is 6.01. The van der Waals surface area contributed by atoms with Gasteiger partial charge in [-0.05, 0) is 19.1 Å². The molecular weight excluding hydrogens is 250 g/mol. The Morgan fingerprint density at radius 3 is 2.80 bits per heavy atom. The fourth-order valence-corrected chi connectivity index (χ4v) is 2.09. The summed E-state index contributed by atoms with van der Waals surface area (Å²) < 4.78 is 6.01. The van der Waals surface area contributed by atoms with Crippen molar-refractivity contribution in [3.8, 4) is 11.5 Å². The number of aromatic nitrogens is 2. The molecular formula is C16H15N3O. The number of hydrogen-bond acceptors (Lipinski definition) is 4. The molecule has 0 spiro atoms. The predicted octanol–water partition coefficient (Wildman–Crippen LogP) is 3.19. The predicted molar refractivity (Wildman–Crippen MR) is 78.7 cm³/mol. The lowest BCUT2D eigenvalue weighted by Crippen LogP contribution is -2.01. The van der Waals surface area contributed by atoms with Crippen LogP contribution >= 0.6 is 0 Å². The Balaban J connectivity index is 2.07. The number of benzene rings is 1. The average Bonchev–Trinajstić information content (AvgIpc) is 2.48. The minimum absolute atomic E-state index is 0.390. The van der Waals surface area contributed by atoms with Crippen LogP contribution in [0.4, 0.5) is 0 Å². The highest BCUT2D eigenvalue weighted by atomic mass is 16.5. The fourth-order valence-electron chi connectivity index (χ4n) is 2.09. The molecule has 0 aliphatic rings.